The Morgan fingerprint density at radius 1 is 1.43 bits per heavy atom. The molecule has 0 bridgehead atoms. The Labute approximate surface area is 125 Å². The highest BCUT2D eigenvalue weighted by atomic mass is 16.6. The molecule has 2 rings (SSSR count). The van der Waals surface area contributed by atoms with Gasteiger partial charge in [0.15, 0.2) is 0 Å². The fourth-order valence-electron chi connectivity index (χ4n) is 2.60. The van der Waals surface area contributed by atoms with E-state index in [4.69, 9.17) is 4.74 Å². The summed E-state index contributed by atoms with van der Waals surface area (Å²) in [4.78, 5) is 13.2. The smallest absolute Gasteiger partial charge is 0.409 e. The number of ether oxygens (including phenoxy) is 1. The summed E-state index contributed by atoms with van der Waals surface area (Å²) in [6.07, 6.45) is -0.0272. The molecule has 1 fully saturated rings. The number of aliphatic hydroxyl groups excluding tert-OH is 1. The molecule has 1 aromatic carbocycles. The number of aliphatic hydroxyl groups is 1. The van der Waals surface area contributed by atoms with Crippen LogP contribution in [0, 0.1) is 5.92 Å². The van der Waals surface area contributed by atoms with Crippen molar-refractivity contribution >= 4 is 6.09 Å². The highest BCUT2D eigenvalue weighted by molar-refractivity contribution is 5.67. The second-order valence-electron chi connectivity index (χ2n) is 5.38. The summed E-state index contributed by atoms with van der Waals surface area (Å²) < 4.78 is 4.96. The van der Waals surface area contributed by atoms with Crippen molar-refractivity contribution in [1.29, 1.82) is 0 Å². The normalized spacial score (nSPS) is 22.1. The first-order valence-corrected chi connectivity index (χ1v) is 7.55. The topological polar surface area (TPSA) is 61.8 Å². The van der Waals surface area contributed by atoms with Gasteiger partial charge in [0.1, 0.15) is 0 Å². The molecule has 21 heavy (non-hydrogen) atoms. The molecule has 0 aromatic heterocycles. The maximum absolute atomic E-state index is 11.6. The number of rotatable bonds is 5. The number of hydrogen-bond acceptors (Lipinski definition) is 4. The number of β-amino-alcohol motifs (C(OH)–C–C–N with tert-alkyl or cyclic N) is 1. The molecule has 1 amide bonds. The highest BCUT2D eigenvalue weighted by Gasteiger charge is 2.30. The van der Waals surface area contributed by atoms with Crippen LogP contribution in [0.3, 0.4) is 0 Å². The number of benzene rings is 1. The van der Waals surface area contributed by atoms with E-state index in [1.54, 1.807) is 11.8 Å². The molecule has 0 unspecified atom stereocenters. The van der Waals surface area contributed by atoms with E-state index >= 15 is 0 Å². The summed E-state index contributed by atoms with van der Waals surface area (Å²) in [6, 6.07) is 10.2. The largest absolute Gasteiger partial charge is 0.450 e. The quantitative estimate of drug-likeness (QED) is 0.865. The third-order valence-corrected chi connectivity index (χ3v) is 3.83. The monoisotopic (exact) mass is 292 g/mol. The van der Waals surface area contributed by atoms with Crippen molar-refractivity contribution in [1.82, 2.24) is 10.2 Å². The van der Waals surface area contributed by atoms with Crippen LogP contribution in [0.2, 0.25) is 0 Å². The zero-order valence-electron chi connectivity index (χ0n) is 12.5. The molecule has 2 atom stereocenters. The van der Waals surface area contributed by atoms with Gasteiger partial charge >= 0.3 is 6.09 Å². The third-order valence-electron chi connectivity index (χ3n) is 3.83. The number of piperidine rings is 1. The lowest BCUT2D eigenvalue weighted by molar-refractivity contribution is 0.0167. The molecule has 0 saturated carbocycles. The minimum Gasteiger partial charge on any atom is -0.450 e. The lowest BCUT2D eigenvalue weighted by Gasteiger charge is -2.35. The van der Waals surface area contributed by atoms with Crippen molar-refractivity contribution in [3.05, 3.63) is 35.9 Å². The van der Waals surface area contributed by atoms with Crippen LogP contribution in [-0.4, -0.2) is 48.4 Å². The first kappa shape index (κ1) is 15.8. The van der Waals surface area contributed by atoms with E-state index in [-0.39, 0.29) is 12.0 Å². The Bertz CT molecular complexity index is 438. The zero-order chi connectivity index (χ0) is 15.1. The van der Waals surface area contributed by atoms with Crippen LogP contribution in [0.25, 0.3) is 0 Å². The molecule has 116 valence electrons. The number of carbonyl (C=O) groups excluding carboxylic acids is 1. The number of hydrogen-bond donors (Lipinski definition) is 2. The fraction of sp³-hybridized carbons (Fsp3) is 0.562. The van der Waals surface area contributed by atoms with Gasteiger partial charge in [-0.05, 0) is 18.9 Å². The second-order valence-corrected chi connectivity index (χ2v) is 5.38. The van der Waals surface area contributed by atoms with Crippen LogP contribution in [-0.2, 0) is 11.3 Å². The molecule has 1 aromatic rings. The lowest BCUT2D eigenvalue weighted by Crippen LogP contribution is -2.49. The number of amides is 1. The van der Waals surface area contributed by atoms with Crippen molar-refractivity contribution in [2.45, 2.75) is 26.0 Å². The van der Waals surface area contributed by atoms with Crippen molar-refractivity contribution in [3.8, 4) is 0 Å². The molecule has 0 aliphatic carbocycles. The van der Waals surface area contributed by atoms with Gasteiger partial charge in [-0.1, -0.05) is 30.3 Å². The predicted octanol–water partition coefficient (Wildman–Crippen LogP) is 1.62. The molecule has 1 saturated heterocycles. The molecular formula is C16H24N2O3. The number of likely N-dealkylation sites (tertiary alicyclic amines) is 1. The van der Waals surface area contributed by atoms with E-state index in [0.717, 1.165) is 19.5 Å². The lowest BCUT2D eigenvalue weighted by atomic mass is 9.94. The van der Waals surface area contributed by atoms with Crippen LogP contribution in [0.15, 0.2) is 30.3 Å². The Balaban J connectivity index is 1.72. The standard InChI is InChI=1S/C16H24N2O3/c1-2-21-16(20)18-9-8-14(15(19)12-18)11-17-10-13-6-4-3-5-7-13/h3-7,14-15,17,19H,2,8-12H2,1H3/t14-,15+/m1/s1. The van der Waals surface area contributed by atoms with Crippen LogP contribution in [0.4, 0.5) is 4.79 Å². The molecule has 1 aliphatic heterocycles. The third kappa shape index (κ3) is 4.72. The molecule has 0 spiro atoms. The van der Waals surface area contributed by atoms with Gasteiger partial charge in [-0.3, -0.25) is 0 Å². The molecule has 1 heterocycles. The first-order chi connectivity index (χ1) is 10.2. The summed E-state index contributed by atoms with van der Waals surface area (Å²) in [5.74, 6) is 0.180. The van der Waals surface area contributed by atoms with Crippen molar-refractivity contribution in [2.75, 3.05) is 26.2 Å². The SMILES string of the molecule is CCOC(=O)N1CC[C@H](CNCc2ccccc2)[C@@H](O)C1. The predicted molar refractivity (Wildman–Crippen MR) is 80.9 cm³/mol. The maximum Gasteiger partial charge on any atom is 0.409 e. The molecular weight excluding hydrogens is 268 g/mol. The van der Waals surface area contributed by atoms with Crippen LogP contribution in [0.1, 0.15) is 18.9 Å². The Morgan fingerprint density at radius 2 is 2.19 bits per heavy atom. The fourth-order valence-corrected chi connectivity index (χ4v) is 2.60. The van der Waals surface area contributed by atoms with Gasteiger partial charge in [0.2, 0.25) is 0 Å². The summed E-state index contributed by atoms with van der Waals surface area (Å²) >= 11 is 0. The Hall–Kier alpha value is -1.59. The van der Waals surface area contributed by atoms with E-state index in [1.807, 2.05) is 18.2 Å². The van der Waals surface area contributed by atoms with Gasteiger partial charge in [-0.15, -0.1) is 0 Å². The van der Waals surface area contributed by atoms with E-state index in [1.165, 1.54) is 5.56 Å². The van der Waals surface area contributed by atoms with Gasteiger partial charge in [0, 0.05) is 25.6 Å². The maximum atomic E-state index is 11.6. The number of nitrogens with zero attached hydrogens (tertiary/aromatic N) is 1. The summed E-state index contributed by atoms with van der Waals surface area (Å²) in [7, 11) is 0. The second kappa shape index (κ2) is 8.00. The van der Waals surface area contributed by atoms with Gasteiger partial charge in [-0.25, -0.2) is 4.79 Å². The highest BCUT2D eigenvalue weighted by Crippen LogP contribution is 2.18. The average molecular weight is 292 g/mol. The molecule has 1 aliphatic rings. The van der Waals surface area contributed by atoms with E-state index in [0.29, 0.717) is 19.7 Å². The Morgan fingerprint density at radius 3 is 2.86 bits per heavy atom. The van der Waals surface area contributed by atoms with Crippen molar-refractivity contribution in [2.24, 2.45) is 5.92 Å². The summed E-state index contributed by atoms with van der Waals surface area (Å²) in [5.41, 5.74) is 1.23. The Kier molecular flexibility index (Phi) is 6.02. The van der Waals surface area contributed by atoms with E-state index < -0.39 is 6.10 Å². The molecule has 5 heteroatoms. The minimum absolute atomic E-state index is 0.180. The van der Waals surface area contributed by atoms with Crippen molar-refractivity contribution < 1.29 is 14.6 Å². The molecule has 0 radical (unpaired) electrons. The van der Waals surface area contributed by atoms with Gasteiger partial charge < -0.3 is 20.1 Å². The van der Waals surface area contributed by atoms with Crippen molar-refractivity contribution in [3.63, 3.8) is 0 Å². The first-order valence-electron chi connectivity index (χ1n) is 7.55. The average Bonchev–Trinajstić information content (AvgIpc) is 2.50. The van der Waals surface area contributed by atoms with Crippen LogP contribution < -0.4 is 5.32 Å². The summed E-state index contributed by atoms with van der Waals surface area (Å²) in [6.45, 7) is 4.71. The van der Waals surface area contributed by atoms with Gasteiger partial charge in [-0.2, -0.15) is 0 Å². The van der Waals surface area contributed by atoms with E-state index in [9.17, 15) is 9.90 Å². The van der Waals surface area contributed by atoms with Crippen LogP contribution >= 0.6 is 0 Å². The van der Waals surface area contributed by atoms with Gasteiger partial charge in [0.05, 0.1) is 19.3 Å². The number of carbonyl (C=O) groups is 1. The number of nitrogens with one attached hydrogen (secondary N) is 1. The molecule has 2 N–H and O–H groups in total. The summed E-state index contributed by atoms with van der Waals surface area (Å²) in [5, 5.41) is 13.5. The molecule has 5 nitrogen and oxygen atoms in total. The van der Waals surface area contributed by atoms with E-state index in [2.05, 4.69) is 17.4 Å². The van der Waals surface area contributed by atoms with Gasteiger partial charge in [0.25, 0.3) is 0 Å². The van der Waals surface area contributed by atoms with Crippen LogP contribution in [0.5, 0.6) is 0 Å². The zero-order valence-corrected chi connectivity index (χ0v) is 12.5. The minimum atomic E-state index is -0.494.